The summed E-state index contributed by atoms with van der Waals surface area (Å²) in [4.78, 5) is 18.3. The Morgan fingerprint density at radius 3 is 2.46 bits per heavy atom. The van der Waals surface area contributed by atoms with E-state index in [1.54, 1.807) is 7.11 Å². The number of fused-ring (bicyclic) bond motifs is 2. The van der Waals surface area contributed by atoms with E-state index in [1.807, 2.05) is 30.3 Å². The fourth-order valence-electron chi connectivity index (χ4n) is 5.74. The van der Waals surface area contributed by atoms with Gasteiger partial charge in [0.25, 0.3) is 5.91 Å². The Balaban J connectivity index is 1.50. The molecule has 6 rings (SSSR count). The average molecular weight is 377 g/mol. The highest BCUT2D eigenvalue weighted by Crippen LogP contribution is 2.47. The number of nitrogens with zero attached hydrogens (tertiary/aromatic N) is 2. The number of amides is 1. The number of aryl methyl sites for hydroxylation is 1. The van der Waals surface area contributed by atoms with Gasteiger partial charge in [0, 0.05) is 24.1 Å². The molecule has 4 aliphatic heterocycles. The molecule has 4 nitrogen and oxygen atoms in total. The van der Waals surface area contributed by atoms with E-state index in [0.29, 0.717) is 23.9 Å². The van der Waals surface area contributed by atoms with Crippen molar-refractivity contribution in [1.29, 1.82) is 0 Å². The molecule has 0 unspecified atom stereocenters. The van der Waals surface area contributed by atoms with Crippen LogP contribution in [0.1, 0.15) is 40.2 Å². The van der Waals surface area contributed by atoms with Crippen LogP contribution < -0.4 is 4.74 Å². The topological polar surface area (TPSA) is 32.8 Å². The molecule has 0 aliphatic carbocycles. The lowest BCUT2D eigenvalue weighted by molar-refractivity contribution is -0.00341. The number of benzene rings is 2. The van der Waals surface area contributed by atoms with E-state index < -0.39 is 0 Å². The first kappa shape index (κ1) is 17.7. The van der Waals surface area contributed by atoms with Gasteiger partial charge in [0.15, 0.2) is 0 Å². The molecule has 0 spiro atoms. The standard InChI is InChI=1S/C24H28N2O2/c1-16-4-3-5-19(14-16)24(27)26-15-21(17-6-8-20(28-2)9-7-17)23-22(26)18-10-12-25(23)13-11-18/h3-9,14,18,21-23H,10-13,15H2,1-2H3/t21-,22+,23+/m0/s1. The van der Waals surface area contributed by atoms with Crippen LogP contribution in [0, 0.1) is 12.8 Å². The molecule has 4 aliphatic rings. The molecular formula is C24H28N2O2. The van der Waals surface area contributed by atoms with Crippen molar-refractivity contribution in [3.8, 4) is 5.75 Å². The van der Waals surface area contributed by atoms with Crippen molar-refractivity contribution in [3.63, 3.8) is 0 Å². The molecule has 146 valence electrons. The molecule has 3 atom stereocenters. The number of piperidine rings is 3. The lowest BCUT2D eigenvalue weighted by Gasteiger charge is -2.51. The summed E-state index contributed by atoms with van der Waals surface area (Å²) < 4.78 is 5.34. The minimum absolute atomic E-state index is 0.198. The van der Waals surface area contributed by atoms with Crippen molar-refractivity contribution in [3.05, 3.63) is 65.2 Å². The van der Waals surface area contributed by atoms with Crippen LogP contribution in [0.15, 0.2) is 48.5 Å². The maximum Gasteiger partial charge on any atom is 0.254 e. The number of hydrogen-bond donors (Lipinski definition) is 0. The van der Waals surface area contributed by atoms with Gasteiger partial charge in [0.05, 0.1) is 13.2 Å². The fourth-order valence-corrected chi connectivity index (χ4v) is 5.74. The predicted molar refractivity (Wildman–Crippen MR) is 110 cm³/mol. The third-order valence-corrected chi connectivity index (χ3v) is 7.06. The Morgan fingerprint density at radius 2 is 1.79 bits per heavy atom. The van der Waals surface area contributed by atoms with E-state index in [0.717, 1.165) is 23.4 Å². The van der Waals surface area contributed by atoms with Crippen molar-refractivity contribution in [2.75, 3.05) is 26.7 Å². The first-order valence-electron chi connectivity index (χ1n) is 10.4. The Kier molecular flexibility index (Phi) is 4.39. The smallest absolute Gasteiger partial charge is 0.254 e. The van der Waals surface area contributed by atoms with E-state index in [-0.39, 0.29) is 5.91 Å². The van der Waals surface area contributed by atoms with Gasteiger partial charge in [0.1, 0.15) is 5.75 Å². The van der Waals surface area contributed by atoms with Crippen LogP contribution in [0.3, 0.4) is 0 Å². The highest BCUT2D eigenvalue weighted by atomic mass is 16.5. The second-order valence-electron chi connectivity index (χ2n) is 8.56. The zero-order valence-electron chi connectivity index (χ0n) is 16.7. The van der Waals surface area contributed by atoms with Crippen molar-refractivity contribution in [1.82, 2.24) is 9.80 Å². The summed E-state index contributed by atoms with van der Waals surface area (Å²) in [6.45, 7) is 5.20. The second-order valence-corrected chi connectivity index (χ2v) is 8.56. The molecule has 0 saturated carbocycles. The molecule has 2 aromatic rings. The number of likely N-dealkylation sites (tertiary alicyclic amines) is 1. The number of carbonyl (C=O) groups is 1. The van der Waals surface area contributed by atoms with Crippen LogP contribution in [-0.4, -0.2) is 54.5 Å². The van der Waals surface area contributed by atoms with Crippen LogP contribution in [0.5, 0.6) is 5.75 Å². The zero-order valence-corrected chi connectivity index (χ0v) is 16.7. The molecule has 0 aromatic heterocycles. The maximum atomic E-state index is 13.5. The quantitative estimate of drug-likeness (QED) is 0.819. The summed E-state index contributed by atoms with van der Waals surface area (Å²) in [5, 5.41) is 0. The van der Waals surface area contributed by atoms with Crippen molar-refractivity contribution in [2.45, 2.75) is 37.8 Å². The number of methoxy groups -OCH3 is 1. The highest BCUT2D eigenvalue weighted by Gasteiger charge is 2.54. The molecular weight excluding hydrogens is 348 g/mol. The van der Waals surface area contributed by atoms with Crippen LogP contribution in [-0.2, 0) is 0 Å². The number of carbonyl (C=O) groups excluding carboxylic acids is 1. The summed E-state index contributed by atoms with van der Waals surface area (Å²) in [5.41, 5.74) is 3.29. The van der Waals surface area contributed by atoms with Crippen LogP contribution in [0.25, 0.3) is 0 Å². The molecule has 0 radical (unpaired) electrons. The van der Waals surface area contributed by atoms with E-state index >= 15 is 0 Å². The van der Waals surface area contributed by atoms with Crippen LogP contribution >= 0.6 is 0 Å². The molecule has 2 aromatic carbocycles. The van der Waals surface area contributed by atoms with Gasteiger partial charge >= 0.3 is 0 Å². The Bertz CT molecular complexity index is 870. The predicted octanol–water partition coefficient (Wildman–Crippen LogP) is 3.71. The van der Waals surface area contributed by atoms with E-state index in [2.05, 4.69) is 34.9 Å². The SMILES string of the molecule is COc1ccc([C@@H]2CN(C(=O)c3cccc(C)c3)[C@@H]3C4CCN(CC4)[C@@H]32)cc1. The molecule has 28 heavy (non-hydrogen) atoms. The normalized spacial score (nSPS) is 30.9. The van der Waals surface area contributed by atoms with Gasteiger partial charge in [-0.25, -0.2) is 0 Å². The summed E-state index contributed by atoms with van der Waals surface area (Å²) >= 11 is 0. The summed E-state index contributed by atoms with van der Waals surface area (Å²) in [7, 11) is 1.70. The third-order valence-electron chi connectivity index (χ3n) is 7.06. The first-order chi connectivity index (χ1) is 13.7. The molecule has 4 fully saturated rings. The summed E-state index contributed by atoms with van der Waals surface area (Å²) in [5.74, 6) is 2.08. The first-order valence-corrected chi connectivity index (χ1v) is 10.4. The van der Waals surface area contributed by atoms with Crippen molar-refractivity contribution in [2.24, 2.45) is 5.92 Å². The van der Waals surface area contributed by atoms with Crippen LogP contribution in [0.4, 0.5) is 0 Å². The maximum absolute atomic E-state index is 13.5. The van der Waals surface area contributed by atoms with Gasteiger partial charge in [-0.2, -0.15) is 0 Å². The van der Waals surface area contributed by atoms with Gasteiger partial charge in [0.2, 0.25) is 0 Å². The van der Waals surface area contributed by atoms with E-state index in [9.17, 15) is 4.79 Å². The summed E-state index contributed by atoms with van der Waals surface area (Å²) in [6, 6.07) is 17.3. The number of hydrogen-bond acceptors (Lipinski definition) is 3. The van der Waals surface area contributed by atoms with Crippen molar-refractivity contribution >= 4 is 5.91 Å². The van der Waals surface area contributed by atoms with Gasteiger partial charge in [-0.1, -0.05) is 29.8 Å². The molecule has 4 heteroatoms. The Labute approximate surface area is 167 Å². The minimum atomic E-state index is 0.198. The third kappa shape index (κ3) is 2.82. The van der Waals surface area contributed by atoms with Crippen molar-refractivity contribution < 1.29 is 9.53 Å². The van der Waals surface area contributed by atoms with E-state index in [4.69, 9.17) is 4.74 Å². The molecule has 4 heterocycles. The zero-order chi connectivity index (χ0) is 19.3. The van der Waals surface area contributed by atoms with E-state index in [1.165, 1.54) is 31.5 Å². The van der Waals surface area contributed by atoms with Gasteiger partial charge in [-0.3, -0.25) is 9.69 Å². The lowest BCUT2D eigenvalue weighted by atomic mass is 9.75. The molecule has 1 amide bonds. The number of ether oxygens (including phenoxy) is 1. The molecule has 2 bridgehead atoms. The van der Waals surface area contributed by atoms with Gasteiger partial charge in [-0.05, 0) is 68.6 Å². The Hall–Kier alpha value is -2.33. The minimum Gasteiger partial charge on any atom is -0.497 e. The molecule has 4 saturated heterocycles. The average Bonchev–Trinajstić information content (AvgIpc) is 3.17. The highest BCUT2D eigenvalue weighted by molar-refractivity contribution is 5.95. The fraction of sp³-hybridized carbons (Fsp3) is 0.458. The number of rotatable bonds is 3. The largest absolute Gasteiger partial charge is 0.497 e. The second kappa shape index (κ2) is 6.93. The molecule has 0 N–H and O–H groups in total. The van der Waals surface area contributed by atoms with Crippen LogP contribution in [0.2, 0.25) is 0 Å². The Morgan fingerprint density at radius 1 is 1.04 bits per heavy atom. The monoisotopic (exact) mass is 376 g/mol. The lowest BCUT2D eigenvalue weighted by Crippen LogP contribution is -2.60. The van der Waals surface area contributed by atoms with Gasteiger partial charge < -0.3 is 9.64 Å². The summed E-state index contributed by atoms with van der Waals surface area (Å²) in [6.07, 6.45) is 2.43. The van der Waals surface area contributed by atoms with Gasteiger partial charge in [-0.15, -0.1) is 0 Å².